The van der Waals surface area contributed by atoms with Crippen molar-refractivity contribution in [3.63, 3.8) is 0 Å². The third-order valence-corrected chi connectivity index (χ3v) is 3.51. The first-order valence-corrected chi connectivity index (χ1v) is 7.25. The molecule has 0 aliphatic heterocycles. The van der Waals surface area contributed by atoms with Crippen LogP contribution in [-0.2, 0) is 6.54 Å². The van der Waals surface area contributed by atoms with Gasteiger partial charge in [-0.25, -0.2) is 9.78 Å². The Morgan fingerprint density at radius 3 is 2.95 bits per heavy atom. The third kappa shape index (κ3) is 2.76. The van der Waals surface area contributed by atoms with Crippen molar-refractivity contribution >= 4 is 5.82 Å². The molecule has 2 aromatic rings. The highest BCUT2D eigenvalue weighted by molar-refractivity contribution is 5.35. The molecule has 0 atom stereocenters. The fourth-order valence-corrected chi connectivity index (χ4v) is 2.27. The lowest BCUT2D eigenvalue weighted by Gasteiger charge is -2.06. The Kier molecular flexibility index (Phi) is 3.58. The van der Waals surface area contributed by atoms with Crippen LogP contribution in [-0.4, -0.2) is 20.7 Å². The van der Waals surface area contributed by atoms with Gasteiger partial charge in [0.1, 0.15) is 5.82 Å². The number of pyridine rings is 1. The van der Waals surface area contributed by atoms with E-state index in [1.54, 1.807) is 4.57 Å². The first kappa shape index (κ1) is 13.0. The minimum absolute atomic E-state index is 0.0706. The molecule has 0 saturated heterocycles. The zero-order chi connectivity index (χ0) is 13.9. The van der Waals surface area contributed by atoms with E-state index in [-0.39, 0.29) is 5.69 Å². The first-order chi connectivity index (χ1) is 9.78. The minimum atomic E-state index is 0.0706. The van der Waals surface area contributed by atoms with E-state index in [1.165, 1.54) is 0 Å². The molecule has 106 valence electrons. The van der Waals surface area contributed by atoms with E-state index in [2.05, 4.69) is 17.2 Å². The molecule has 0 spiro atoms. The molecule has 1 N–H and O–H groups in total. The Bertz CT molecular complexity index is 639. The molecule has 3 rings (SSSR count). The molecule has 5 heteroatoms. The number of anilines is 1. The quantitative estimate of drug-likeness (QED) is 0.877. The Hall–Kier alpha value is -2.04. The largest absolute Gasteiger partial charge is 0.370 e. The third-order valence-electron chi connectivity index (χ3n) is 3.51. The SMILES string of the molecule is CCCNc1cccc(Cn2ccn(C3CC3)c2=O)n1. The number of hydrogen-bond donors (Lipinski definition) is 1. The Morgan fingerprint density at radius 2 is 2.20 bits per heavy atom. The van der Waals surface area contributed by atoms with E-state index >= 15 is 0 Å². The molecule has 1 fully saturated rings. The van der Waals surface area contributed by atoms with Gasteiger partial charge in [-0.3, -0.25) is 9.13 Å². The fourth-order valence-electron chi connectivity index (χ4n) is 2.27. The highest BCUT2D eigenvalue weighted by Crippen LogP contribution is 2.33. The van der Waals surface area contributed by atoms with Crippen LogP contribution in [0.1, 0.15) is 37.9 Å². The van der Waals surface area contributed by atoms with Crippen LogP contribution >= 0.6 is 0 Å². The normalized spacial score (nSPS) is 14.4. The van der Waals surface area contributed by atoms with Crippen LogP contribution in [0.2, 0.25) is 0 Å². The number of imidazole rings is 1. The number of hydrogen-bond acceptors (Lipinski definition) is 3. The van der Waals surface area contributed by atoms with Crippen molar-refractivity contribution < 1.29 is 0 Å². The molecule has 0 bridgehead atoms. The summed E-state index contributed by atoms with van der Waals surface area (Å²) in [6.07, 6.45) is 7.06. The topological polar surface area (TPSA) is 51.9 Å². The molecule has 1 saturated carbocycles. The minimum Gasteiger partial charge on any atom is -0.370 e. The molecule has 0 aromatic carbocycles. The number of nitrogens with zero attached hydrogens (tertiary/aromatic N) is 3. The average molecular weight is 272 g/mol. The van der Waals surface area contributed by atoms with Gasteiger partial charge in [0.2, 0.25) is 0 Å². The second-order valence-electron chi connectivity index (χ2n) is 5.29. The van der Waals surface area contributed by atoms with Gasteiger partial charge >= 0.3 is 5.69 Å². The maximum atomic E-state index is 12.2. The van der Waals surface area contributed by atoms with Gasteiger partial charge in [0, 0.05) is 25.0 Å². The maximum Gasteiger partial charge on any atom is 0.328 e. The monoisotopic (exact) mass is 272 g/mol. The first-order valence-electron chi connectivity index (χ1n) is 7.25. The summed E-state index contributed by atoms with van der Waals surface area (Å²) in [5.74, 6) is 0.874. The summed E-state index contributed by atoms with van der Waals surface area (Å²) in [4.78, 5) is 16.7. The standard InChI is InChI=1S/C15H20N4O/c1-2-8-16-14-5-3-4-12(17-14)11-18-9-10-19(15(18)20)13-6-7-13/h3-5,9-10,13H,2,6-8,11H2,1H3,(H,16,17). The van der Waals surface area contributed by atoms with Crippen molar-refractivity contribution in [2.75, 3.05) is 11.9 Å². The number of aromatic nitrogens is 3. The van der Waals surface area contributed by atoms with Gasteiger partial charge in [0.05, 0.1) is 12.2 Å². The van der Waals surface area contributed by atoms with E-state index in [1.807, 2.05) is 35.2 Å². The Morgan fingerprint density at radius 1 is 1.35 bits per heavy atom. The molecular formula is C15H20N4O. The maximum absolute atomic E-state index is 12.2. The van der Waals surface area contributed by atoms with Crippen LogP contribution in [0.4, 0.5) is 5.82 Å². The van der Waals surface area contributed by atoms with Crippen molar-refractivity contribution in [3.05, 3.63) is 46.8 Å². The van der Waals surface area contributed by atoms with Crippen LogP contribution < -0.4 is 11.0 Å². The summed E-state index contributed by atoms with van der Waals surface area (Å²) in [5, 5.41) is 3.26. The van der Waals surface area contributed by atoms with E-state index in [4.69, 9.17) is 0 Å². The molecular weight excluding hydrogens is 252 g/mol. The summed E-state index contributed by atoms with van der Waals surface area (Å²) in [5.41, 5.74) is 0.975. The highest BCUT2D eigenvalue weighted by Gasteiger charge is 2.25. The average Bonchev–Trinajstić information content (AvgIpc) is 3.24. The molecule has 1 aliphatic rings. The van der Waals surface area contributed by atoms with Crippen molar-refractivity contribution in [1.29, 1.82) is 0 Å². The predicted molar refractivity (Wildman–Crippen MR) is 79.1 cm³/mol. The van der Waals surface area contributed by atoms with Gasteiger partial charge in [-0.2, -0.15) is 0 Å². The van der Waals surface area contributed by atoms with Gasteiger partial charge in [-0.1, -0.05) is 13.0 Å². The second kappa shape index (κ2) is 5.53. The summed E-state index contributed by atoms with van der Waals surface area (Å²) in [6, 6.07) is 6.31. The van der Waals surface area contributed by atoms with Crippen LogP contribution in [0.5, 0.6) is 0 Å². The van der Waals surface area contributed by atoms with Gasteiger partial charge in [-0.15, -0.1) is 0 Å². The van der Waals surface area contributed by atoms with E-state index in [9.17, 15) is 4.79 Å². The van der Waals surface area contributed by atoms with E-state index in [0.717, 1.165) is 37.3 Å². The highest BCUT2D eigenvalue weighted by atomic mass is 16.1. The molecule has 1 aliphatic carbocycles. The predicted octanol–water partition coefficient (Wildman–Crippen LogP) is 2.25. The fraction of sp³-hybridized carbons (Fsp3) is 0.467. The Balaban J connectivity index is 1.75. The zero-order valence-electron chi connectivity index (χ0n) is 11.7. The summed E-state index contributed by atoms with van der Waals surface area (Å²) in [6.45, 7) is 3.56. The van der Waals surface area contributed by atoms with Crippen molar-refractivity contribution in [3.8, 4) is 0 Å². The molecule has 2 aromatic heterocycles. The van der Waals surface area contributed by atoms with Crippen LogP contribution in [0, 0.1) is 0 Å². The van der Waals surface area contributed by atoms with Gasteiger partial charge in [0.25, 0.3) is 0 Å². The van der Waals surface area contributed by atoms with E-state index < -0.39 is 0 Å². The van der Waals surface area contributed by atoms with Gasteiger partial charge in [0.15, 0.2) is 0 Å². The van der Waals surface area contributed by atoms with Crippen molar-refractivity contribution in [2.45, 2.75) is 38.8 Å². The van der Waals surface area contributed by atoms with Crippen LogP contribution in [0.15, 0.2) is 35.4 Å². The lowest BCUT2D eigenvalue weighted by Crippen LogP contribution is -2.24. The smallest absolute Gasteiger partial charge is 0.328 e. The van der Waals surface area contributed by atoms with Crippen LogP contribution in [0.25, 0.3) is 0 Å². The molecule has 2 heterocycles. The second-order valence-corrected chi connectivity index (χ2v) is 5.29. The molecule has 0 radical (unpaired) electrons. The van der Waals surface area contributed by atoms with Gasteiger partial charge in [-0.05, 0) is 31.4 Å². The van der Waals surface area contributed by atoms with E-state index in [0.29, 0.717) is 12.6 Å². The zero-order valence-corrected chi connectivity index (χ0v) is 11.7. The molecule has 5 nitrogen and oxygen atoms in total. The van der Waals surface area contributed by atoms with Gasteiger partial charge < -0.3 is 5.32 Å². The lowest BCUT2D eigenvalue weighted by molar-refractivity contribution is 0.651. The number of nitrogens with one attached hydrogen (secondary N) is 1. The summed E-state index contributed by atoms with van der Waals surface area (Å²) < 4.78 is 3.56. The summed E-state index contributed by atoms with van der Waals surface area (Å²) >= 11 is 0. The number of rotatable bonds is 6. The molecule has 0 unspecified atom stereocenters. The lowest BCUT2D eigenvalue weighted by atomic mass is 10.3. The van der Waals surface area contributed by atoms with Crippen molar-refractivity contribution in [2.24, 2.45) is 0 Å². The Labute approximate surface area is 118 Å². The molecule has 20 heavy (non-hydrogen) atoms. The molecule has 0 amide bonds. The summed E-state index contributed by atoms with van der Waals surface area (Å²) in [7, 11) is 0. The van der Waals surface area contributed by atoms with Crippen molar-refractivity contribution in [1.82, 2.24) is 14.1 Å². The van der Waals surface area contributed by atoms with Crippen LogP contribution in [0.3, 0.4) is 0 Å².